The second kappa shape index (κ2) is 7.18. The molecule has 22 heavy (non-hydrogen) atoms. The average Bonchev–Trinajstić information content (AvgIpc) is 2.47. The van der Waals surface area contributed by atoms with Gasteiger partial charge in [0.05, 0.1) is 5.56 Å². The molecule has 0 saturated carbocycles. The van der Waals surface area contributed by atoms with Gasteiger partial charge in [-0.05, 0) is 43.2 Å². The molecule has 0 fully saturated rings. The van der Waals surface area contributed by atoms with Crippen LogP contribution in [0.3, 0.4) is 0 Å². The van der Waals surface area contributed by atoms with E-state index in [1.54, 1.807) is 12.1 Å². The molecule has 0 bridgehead atoms. The van der Waals surface area contributed by atoms with Gasteiger partial charge in [-0.15, -0.1) is 0 Å². The molecular weight excluding hydrogens is 302 g/mol. The summed E-state index contributed by atoms with van der Waals surface area (Å²) in [6, 6.07) is 10.7. The van der Waals surface area contributed by atoms with E-state index in [1.807, 2.05) is 32.0 Å². The van der Waals surface area contributed by atoms with Crippen molar-refractivity contribution in [3.05, 3.63) is 58.1 Å². The number of rotatable bonds is 6. The molecule has 2 aromatic carbocycles. The normalized spacial score (nSPS) is 10.3. The zero-order valence-electron chi connectivity index (χ0n) is 12.6. The van der Waals surface area contributed by atoms with Crippen LogP contribution < -0.4 is 15.2 Å². The number of carbonyl (C=O) groups excluding carboxylic acids is 1. The number of carbonyl (C=O) groups is 1. The number of hydrogen-bond donors (Lipinski definition) is 1. The van der Waals surface area contributed by atoms with Crippen molar-refractivity contribution in [2.24, 2.45) is 5.73 Å². The highest BCUT2D eigenvalue weighted by Gasteiger charge is 2.10. The smallest absolute Gasteiger partial charge is 0.252 e. The van der Waals surface area contributed by atoms with Crippen molar-refractivity contribution in [1.82, 2.24) is 0 Å². The number of amides is 1. The van der Waals surface area contributed by atoms with E-state index < -0.39 is 5.91 Å². The summed E-state index contributed by atoms with van der Waals surface area (Å²) in [6.07, 6.45) is 0. The summed E-state index contributed by atoms with van der Waals surface area (Å²) in [6.45, 7) is 4.66. The summed E-state index contributed by atoms with van der Waals surface area (Å²) >= 11 is 5.85. The van der Waals surface area contributed by atoms with E-state index in [0.717, 1.165) is 16.9 Å². The summed E-state index contributed by atoms with van der Waals surface area (Å²) in [5.74, 6) is 0.688. The number of benzene rings is 2. The zero-order valence-corrected chi connectivity index (χ0v) is 13.3. The van der Waals surface area contributed by atoms with Gasteiger partial charge in [-0.3, -0.25) is 4.79 Å². The molecule has 0 aliphatic carbocycles. The maximum absolute atomic E-state index is 11.4. The van der Waals surface area contributed by atoms with Crippen LogP contribution in [0.2, 0.25) is 5.02 Å². The molecule has 0 saturated heterocycles. The molecule has 0 unspecified atom stereocenters. The van der Waals surface area contributed by atoms with Crippen LogP contribution in [0.4, 0.5) is 0 Å². The Kier molecular flexibility index (Phi) is 5.28. The van der Waals surface area contributed by atoms with E-state index in [9.17, 15) is 4.79 Å². The Morgan fingerprint density at radius 2 is 1.73 bits per heavy atom. The number of para-hydroxylation sites is 1. The minimum absolute atomic E-state index is 0.263. The highest BCUT2D eigenvalue weighted by atomic mass is 35.5. The average molecular weight is 320 g/mol. The predicted molar refractivity (Wildman–Crippen MR) is 86.9 cm³/mol. The van der Waals surface area contributed by atoms with Crippen LogP contribution in [0.1, 0.15) is 21.5 Å². The van der Waals surface area contributed by atoms with Crippen LogP contribution in [0, 0.1) is 13.8 Å². The summed E-state index contributed by atoms with van der Waals surface area (Å²) < 4.78 is 11.3. The van der Waals surface area contributed by atoms with E-state index in [2.05, 4.69) is 0 Å². The minimum atomic E-state index is -0.576. The highest BCUT2D eigenvalue weighted by Crippen LogP contribution is 2.24. The molecule has 0 heterocycles. The first-order chi connectivity index (χ1) is 10.5. The van der Waals surface area contributed by atoms with Crippen molar-refractivity contribution in [3.8, 4) is 11.5 Å². The van der Waals surface area contributed by atoms with E-state index in [4.69, 9.17) is 26.8 Å². The maximum Gasteiger partial charge on any atom is 0.252 e. The Morgan fingerprint density at radius 3 is 2.36 bits per heavy atom. The molecule has 2 aromatic rings. The lowest BCUT2D eigenvalue weighted by Gasteiger charge is -2.13. The Bertz CT molecular complexity index is 665. The number of hydrogen-bond acceptors (Lipinski definition) is 3. The molecule has 0 radical (unpaired) electrons. The Hall–Kier alpha value is -2.20. The second-order valence-corrected chi connectivity index (χ2v) is 5.36. The number of ether oxygens (including phenoxy) is 2. The zero-order chi connectivity index (χ0) is 16.1. The number of nitrogens with two attached hydrogens (primary N) is 1. The van der Waals surface area contributed by atoms with Crippen molar-refractivity contribution in [2.75, 3.05) is 13.2 Å². The van der Waals surface area contributed by atoms with Crippen molar-refractivity contribution >= 4 is 17.5 Å². The monoisotopic (exact) mass is 319 g/mol. The highest BCUT2D eigenvalue weighted by molar-refractivity contribution is 6.31. The maximum atomic E-state index is 11.4. The van der Waals surface area contributed by atoms with Gasteiger partial charge in [-0.25, -0.2) is 0 Å². The van der Waals surface area contributed by atoms with E-state index in [1.165, 1.54) is 6.07 Å². The summed E-state index contributed by atoms with van der Waals surface area (Å²) in [4.78, 5) is 11.4. The minimum Gasteiger partial charge on any atom is -0.489 e. The number of halogens is 1. The molecule has 0 aliphatic heterocycles. The number of aryl methyl sites for hydroxylation is 2. The first kappa shape index (κ1) is 16.2. The van der Waals surface area contributed by atoms with Gasteiger partial charge in [-0.1, -0.05) is 29.8 Å². The SMILES string of the molecule is Cc1cccc(C)c1OCCOc1ccc(Cl)cc1C(N)=O. The summed E-state index contributed by atoms with van der Waals surface area (Å²) in [7, 11) is 0. The molecule has 0 atom stereocenters. The van der Waals surface area contributed by atoms with Crippen LogP contribution >= 0.6 is 11.6 Å². The Labute approximate surface area is 134 Å². The lowest BCUT2D eigenvalue weighted by molar-refractivity contribution is 0.0995. The Morgan fingerprint density at radius 1 is 1.09 bits per heavy atom. The Balaban J connectivity index is 1.96. The van der Waals surface area contributed by atoms with Crippen LogP contribution in [0.5, 0.6) is 11.5 Å². The third-order valence-corrected chi connectivity index (χ3v) is 3.44. The van der Waals surface area contributed by atoms with Crippen LogP contribution in [-0.4, -0.2) is 19.1 Å². The molecule has 0 spiro atoms. The molecule has 1 amide bonds. The fourth-order valence-electron chi connectivity index (χ4n) is 2.14. The van der Waals surface area contributed by atoms with Gasteiger partial charge in [0.2, 0.25) is 0 Å². The molecular formula is C17H18ClNO3. The quantitative estimate of drug-likeness (QED) is 0.829. The van der Waals surface area contributed by atoms with Crippen LogP contribution in [0.25, 0.3) is 0 Å². The third-order valence-electron chi connectivity index (χ3n) is 3.20. The molecule has 5 heteroatoms. The lowest BCUT2D eigenvalue weighted by atomic mass is 10.1. The largest absolute Gasteiger partial charge is 0.489 e. The molecule has 4 nitrogen and oxygen atoms in total. The molecule has 0 aliphatic rings. The van der Waals surface area contributed by atoms with Crippen molar-refractivity contribution in [2.45, 2.75) is 13.8 Å². The van der Waals surface area contributed by atoms with Crippen LogP contribution in [0.15, 0.2) is 36.4 Å². The number of primary amides is 1. The van der Waals surface area contributed by atoms with Crippen molar-refractivity contribution < 1.29 is 14.3 Å². The van der Waals surface area contributed by atoms with Crippen molar-refractivity contribution in [3.63, 3.8) is 0 Å². The van der Waals surface area contributed by atoms with Gasteiger partial charge >= 0.3 is 0 Å². The fraction of sp³-hybridized carbons (Fsp3) is 0.235. The lowest BCUT2D eigenvalue weighted by Crippen LogP contribution is -2.15. The van der Waals surface area contributed by atoms with Gasteiger partial charge in [0.25, 0.3) is 5.91 Å². The second-order valence-electron chi connectivity index (χ2n) is 4.92. The first-order valence-electron chi connectivity index (χ1n) is 6.90. The standard InChI is InChI=1S/C17H18ClNO3/c1-11-4-3-5-12(2)16(11)22-9-8-21-15-7-6-13(18)10-14(15)17(19)20/h3-7,10H,8-9H2,1-2H3,(H2,19,20). The predicted octanol–water partition coefficient (Wildman–Crippen LogP) is 3.51. The van der Waals surface area contributed by atoms with Gasteiger partial charge in [0, 0.05) is 5.02 Å². The van der Waals surface area contributed by atoms with E-state index >= 15 is 0 Å². The fourth-order valence-corrected chi connectivity index (χ4v) is 2.31. The summed E-state index contributed by atoms with van der Waals surface area (Å²) in [5, 5.41) is 0.438. The summed E-state index contributed by atoms with van der Waals surface area (Å²) in [5.41, 5.74) is 7.72. The topological polar surface area (TPSA) is 61.6 Å². The molecule has 2 N–H and O–H groups in total. The van der Waals surface area contributed by atoms with Gasteiger partial charge in [0.1, 0.15) is 24.7 Å². The molecule has 116 valence electrons. The van der Waals surface area contributed by atoms with Crippen molar-refractivity contribution in [1.29, 1.82) is 0 Å². The van der Waals surface area contributed by atoms with Gasteiger partial charge in [-0.2, -0.15) is 0 Å². The third kappa shape index (κ3) is 3.92. The van der Waals surface area contributed by atoms with E-state index in [-0.39, 0.29) is 5.56 Å². The molecule has 2 rings (SSSR count). The van der Waals surface area contributed by atoms with Gasteiger partial charge < -0.3 is 15.2 Å². The first-order valence-corrected chi connectivity index (χ1v) is 7.28. The van der Waals surface area contributed by atoms with E-state index in [0.29, 0.717) is 24.0 Å². The van der Waals surface area contributed by atoms with Crippen LogP contribution in [-0.2, 0) is 0 Å². The molecule has 0 aromatic heterocycles. The van der Waals surface area contributed by atoms with Gasteiger partial charge in [0.15, 0.2) is 0 Å².